The molecule has 0 unspecified atom stereocenters. The average Bonchev–Trinajstić information content (AvgIpc) is 2.50. The van der Waals surface area contributed by atoms with Crippen LogP contribution in [0.5, 0.6) is 0 Å². The number of likely N-dealkylation sites (N-methyl/N-ethyl adjacent to an activating group) is 1. The van der Waals surface area contributed by atoms with E-state index in [0.29, 0.717) is 5.69 Å². The number of nitrogens with zero attached hydrogens (tertiary/aromatic N) is 2. The Balaban J connectivity index is 2.18. The molecule has 0 aliphatic rings. The van der Waals surface area contributed by atoms with Gasteiger partial charge in [-0.05, 0) is 50.5 Å². The zero-order chi connectivity index (χ0) is 18.7. The van der Waals surface area contributed by atoms with E-state index in [0.717, 1.165) is 27.9 Å². The highest BCUT2D eigenvalue weighted by atomic mass is 16.6. The maximum absolute atomic E-state index is 12.4. The van der Waals surface area contributed by atoms with Crippen LogP contribution in [0.3, 0.4) is 0 Å². The van der Waals surface area contributed by atoms with Crippen molar-refractivity contribution in [3.63, 3.8) is 0 Å². The summed E-state index contributed by atoms with van der Waals surface area (Å²) < 4.78 is 0. The molecule has 0 bridgehead atoms. The van der Waals surface area contributed by atoms with Crippen LogP contribution >= 0.6 is 0 Å². The van der Waals surface area contributed by atoms with Crippen molar-refractivity contribution < 1.29 is 9.72 Å². The van der Waals surface area contributed by atoms with Gasteiger partial charge in [-0.15, -0.1) is 0 Å². The minimum Gasteiger partial charge on any atom is -0.360 e. The second-order valence-electron chi connectivity index (χ2n) is 6.43. The largest absolute Gasteiger partial charge is 0.360 e. The predicted octanol–water partition coefficient (Wildman–Crippen LogP) is 3.90. The van der Waals surface area contributed by atoms with Crippen LogP contribution in [-0.2, 0) is 4.79 Å². The lowest BCUT2D eigenvalue weighted by atomic mass is 10.1. The Bertz CT molecular complexity index is 808. The summed E-state index contributed by atoms with van der Waals surface area (Å²) in [6, 6.07) is 9.00. The fraction of sp³-hybridized carbons (Fsp3) is 0.316. The predicted molar refractivity (Wildman–Crippen MR) is 100 cm³/mol. The van der Waals surface area contributed by atoms with Gasteiger partial charge in [0, 0.05) is 18.8 Å². The molecule has 0 radical (unpaired) electrons. The highest BCUT2D eigenvalue weighted by molar-refractivity contribution is 5.95. The number of benzene rings is 2. The highest BCUT2D eigenvalue weighted by Crippen LogP contribution is 2.28. The lowest BCUT2D eigenvalue weighted by molar-refractivity contribution is -0.384. The number of nitrogens with one attached hydrogen (secondary N) is 1. The smallest absolute Gasteiger partial charge is 0.292 e. The Hall–Kier alpha value is -2.89. The molecule has 0 atom stereocenters. The van der Waals surface area contributed by atoms with Crippen molar-refractivity contribution in [2.75, 3.05) is 23.8 Å². The van der Waals surface area contributed by atoms with E-state index in [4.69, 9.17) is 0 Å². The van der Waals surface area contributed by atoms with E-state index in [1.807, 2.05) is 32.9 Å². The zero-order valence-electron chi connectivity index (χ0n) is 15.2. The van der Waals surface area contributed by atoms with Crippen molar-refractivity contribution in [3.8, 4) is 0 Å². The number of aryl methyl sites for hydroxylation is 4. The third-order valence-corrected chi connectivity index (χ3v) is 4.06. The third-order valence-electron chi connectivity index (χ3n) is 4.06. The van der Waals surface area contributed by atoms with Crippen molar-refractivity contribution in [1.29, 1.82) is 0 Å². The molecule has 2 aromatic rings. The van der Waals surface area contributed by atoms with E-state index in [1.54, 1.807) is 31.0 Å². The molecule has 25 heavy (non-hydrogen) atoms. The molecule has 2 aromatic carbocycles. The second-order valence-corrected chi connectivity index (χ2v) is 6.43. The van der Waals surface area contributed by atoms with Gasteiger partial charge in [-0.1, -0.05) is 23.8 Å². The van der Waals surface area contributed by atoms with Gasteiger partial charge < -0.3 is 10.2 Å². The standard InChI is InChI=1S/C19H23N3O3/c1-12-6-7-16(17(10-12)22(24)25)21(5)11-18(23)20-19-14(3)8-13(2)9-15(19)4/h6-10H,11H2,1-5H3,(H,20,23). The summed E-state index contributed by atoms with van der Waals surface area (Å²) >= 11 is 0. The third kappa shape index (κ3) is 4.35. The summed E-state index contributed by atoms with van der Waals surface area (Å²) in [4.78, 5) is 24.8. The van der Waals surface area contributed by atoms with Crippen LogP contribution in [-0.4, -0.2) is 24.4 Å². The Kier molecular flexibility index (Phi) is 5.41. The number of nitro groups is 1. The fourth-order valence-corrected chi connectivity index (χ4v) is 2.96. The number of hydrogen-bond donors (Lipinski definition) is 1. The molecule has 1 N–H and O–H groups in total. The van der Waals surface area contributed by atoms with Crippen molar-refractivity contribution in [1.82, 2.24) is 0 Å². The summed E-state index contributed by atoms with van der Waals surface area (Å²) in [6.07, 6.45) is 0. The molecule has 0 aliphatic heterocycles. The first-order chi connectivity index (χ1) is 11.7. The molecule has 0 aliphatic carbocycles. The fourth-order valence-electron chi connectivity index (χ4n) is 2.96. The van der Waals surface area contributed by atoms with Gasteiger partial charge in [0.25, 0.3) is 5.69 Å². The number of amides is 1. The Morgan fingerprint density at radius 3 is 2.24 bits per heavy atom. The van der Waals surface area contributed by atoms with Gasteiger partial charge in [0.15, 0.2) is 0 Å². The number of nitro benzene ring substituents is 1. The van der Waals surface area contributed by atoms with Crippen LogP contribution < -0.4 is 10.2 Å². The minimum atomic E-state index is -0.426. The number of carbonyl (C=O) groups excluding carboxylic acids is 1. The molecular weight excluding hydrogens is 318 g/mol. The van der Waals surface area contributed by atoms with Crippen molar-refractivity contribution >= 4 is 23.0 Å². The Labute approximate surface area is 147 Å². The number of anilines is 2. The number of hydrogen-bond acceptors (Lipinski definition) is 4. The monoisotopic (exact) mass is 341 g/mol. The molecule has 0 saturated carbocycles. The maximum Gasteiger partial charge on any atom is 0.292 e. The van der Waals surface area contributed by atoms with Crippen LogP contribution in [0.15, 0.2) is 30.3 Å². The van der Waals surface area contributed by atoms with E-state index < -0.39 is 4.92 Å². The first kappa shape index (κ1) is 18.4. The second kappa shape index (κ2) is 7.34. The highest BCUT2D eigenvalue weighted by Gasteiger charge is 2.19. The van der Waals surface area contributed by atoms with Crippen molar-refractivity contribution in [2.45, 2.75) is 27.7 Å². The van der Waals surface area contributed by atoms with Crippen molar-refractivity contribution in [3.05, 3.63) is 62.7 Å². The van der Waals surface area contributed by atoms with Crippen molar-refractivity contribution in [2.24, 2.45) is 0 Å². The molecule has 0 saturated heterocycles. The quantitative estimate of drug-likeness (QED) is 0.661. The van der Waals surface area contributed by atoms with E-state index in [2.05, 4.69) is 5.32 Å². The minimum absolute atomic E-state index is 0.00185. The summed E-state index contributed by atoms with van der Waals surface area (Å²) in [5.41, 5.74) is 5.15. The molecule has 1 amide bonds. The molecule has 0 spiro atoms. The summed E-state index contributed by atoms with van der Waals surface area (Å²) in [5.74, 6) is -0.215. The number of rotatable bonds is 5. The lowest BCUT2D eigenvalue weighted by Crippen LogP contribution is -2.31. The van der Waals surface area contributed by atoms with Gasteiger partial charge in [-0.3, -0.25) is 14.9 Å². The molecule has 0 heterocycles. The summed E-state index contributed by atoms with van der Waals surface area (Å²) in [6.45, 7) is 7.73. The van der Waals surface area contributed by atoms with Gasteiger partial charge in [-0.25, -0.2) is 0 Å². The molecule has 0 fully saturated rings. The molecule has 0 aromatic heterocycles. The lowest BCUT2D eigenvalue weighted by Gasteiger charge is -2.20. The first-order valence-electron chi connectivity index (χ1n) is 8.03. The Morgan fingerprint density at radius 2 is 1.68 bits per heavy atom. The summed E-state index contributed by atoms with van der Waals surface area (Å²) in [7, 11) is 1.67. The van der Waals surface area contributed by atoms with Crippen LogP contribution in [0.25, 0.3) is 0 Å². The number of carbonyl (C=O) groups is 1. The van der Waals surface area contributed by atoms with E-state index in [1.165, 1.54) is 6.07 Å². The van der Waals surface area contributed by atoms with Gasteiger partial charge in [-0.2, -0.15) is 0 Å². The first-order valence-corrected chi connectivity index (χ1v) is 8.03. The molecule has 132 valence electrons. The van der Waals surface area contributed by atoms with Crippen LogP contribution in [0.1, 0.15) is 22.3 Å². The van der Waals surface area contributed by atoms with E-state index >= 15 is 0 Å². The zero-order valence-corrected chi connectivity index (χ0v) is 15.2. The van der Waals surface area contributed by atoms with Crippen LogP contribution in [0.4, 0.5) is 17.1 Å². The topological polar surface area (TPSA) is 75.5 Å². The van der Waals surface area contributed by atoms with Gasteiger partial charge in [0.2, 0.25) is 5.91 Å². The van der Waals surface area contributed by atoms with E-state index in [-0.39, 0.29) is 18.1 Å². The molecule has 6 heteroatoms. The Morgan fingerprint density at radius 1 is 1.08 bits per heavy atom. The average molecular weight is 341 g/mol. The van der Waals surface area contributed by atoms with Gasteiger partial charge in [0.05, 0.1) is 11.5 Å². The van der Waals surface area contributed by atoms with Gasteiger partial charge >= 0.3 is 0 Å². The molecule has 2 rings (SSSR count). The molecular formula is C19H23N3O3. The van der Waals surface area contributed by atoms with E-state index in [9.17, 15) is 14.9 Å². The van der Waals surface area contributed by atoms with Gasteiger partial charge in [0.1, 0.15) is 5.69 Å². The molecule has 6 nitrogen and oxygen atoms in total. The maximum atomic E-state index is 12.4. The van der Waals surface area contributed by atoms with Crippen LogP contribution in [0, 0.1) is 37.8 Å². The normalized spacial score (nSPS) is 10.4. The SMILES string of the molecule is Cc1cc(C)c(NC(=O)CN(C)c2ccc(C)cc2[N+](=O)[O-])c(C)c1. The van der Waals surface area contributed by atoms with Crippen LogP contribution in [0.2, 0.25) is 0 Å². The summed E-state index contributed by atoms with van der Waals surface area (Å²) in [5, 5.41) is 14.2.